The lowest BCUT2D eigenvalue weighted by molar-refractivity contribution is -0.131. The van der Waals surface area contributed by atoms with Crippen molar-refractivity contribution in [3.8, 4) is 22.5 Å². The molecule has 3 aromatic carbocycles. The predicted octanol–water partition coefficient (Wildman–Crippen LogP) is 6.87. The van der Waals surface area contributed by atoms with Crippen LogP contribution in [0.4, 0.5) is 0 Å². The zero-order valence-corrected chi connectivity index (χ0v) is 21.5. The van der Waals surface area contributed by atoms with Crippen LogP contribution in [0, 0.1) is 11.8 Å². The topological polar surface area (TPSA) is 53.9 Å². The van der Waals surface area contributed by atoms with Crippen molar-refractivity contribution in [2.24, 2.45) is 11.8 Å². The Bertz CT molecular complexity index is 1590. The van der Waals surface area contributed by atoms with E-state index in [9.17, 15) is 4.79 Å². The number of carbonyl (C=O) groups is 1. The van der Waals surface area contributed by atoms with Gasteiger partial charge >= 0.3 is 0 Å². The minimum absolute atomic E-state index is 0.292. The maximum atomic E-state index is 12.6. The Balaban J connectivity index is 1.21. The molecular formula is C30H27BrN4O. The molecule has 0 unspecified atom stereocenters. The van der Waals surface area contributed by atoms with E-state index in [2.05, 4.69) is 97.1 Å². The summed E-state index contributed by atoms with van der Waals surface area (Å²) in [5.74, 6) is 2.09. The van der Waals surface area contributed by atoms with Gasteiger partial charge in [-0.25, -0.2) is 4.98 Å². The van der Waals surface area contributed by atoms with Crippen LogP contribution >= 0.6 is 15.9 Å². The first kappa shape index (κ1) is 21.9. The molecule has 1 atom stereocenters. The van der Waals surface area contributed by atoms with Crippen molar-refractivity contribution in [1.82, 2.24) is 19.4 Å². The number of hydrogen-bond acceptors (Lipinski definition) is 2. The van der Waals surface area contributed by atoms with Crippen molar-refractivity contribution in [2.45, 2.75) is 25.8 Å². The van der Waals surface area contributed by atoms with Gasteiger partial charge in [0.2, 0.25) is 5.91 Å². The number of likely N-dealkylation sites (tertiary alicyclic amines) is 1. The molecule has 1 amide bonds. The van der Waals surface area contributed by atoms with Crippen molar-refractivity contribution < 1.29 is 4.79 Å². The molecule has 7 rings (SSSR count). The van der Waals surface area contributed by atoms with Gasteiger partial charge in [-0.15, -0.1) is 0 Å². The third-order valence-corrected chi connectivity index (χ3v) is 8.20. The van der Waals surface area contributed by atoms with Gasteiger partial charge in [0.15, 0.2) is 0 Å². The first-order chi connectivity index (χ1) is 17.6. The van der Waals surface area contributed by atoms with Crippen LogP contribution in [0.2, 0.25) is 0 Å². The Hall–Kier alpha value is -3.38. The molecule has 36 heavy (non-hydrogen) atoms. The smallest absolute Gasteiger partial charge is 0.225 e. The molecule has 180 valence electrons. The zero-order chi connectivity index (χ0) is 24.2. The molecule has 0 bridgehead atoms. The number of H-pyrrole nitrogens is 1. The van der Waals surface area contributed by atoms with Crippen LogP contribution in [0.25, 0.3) is 44.5 Å². The van der Waals surface area contributed by atoms with E-state index >= 15 is 0 Å². The van der Waals surface area contributed by atoms with Crippen LogP contribution in [0.1, 0.15) is 19.3 Å². The average Bonchev–Trinajstić information content (AvgIpc) is 3.30. The monoisotopic (exact) mass is 538 g/mol. The quantitative estimate of drug-likeness (QED) is 0.265. The molecule has 1 aliphatic heterocycles. The number of benzene rings is 3. The van der Waals surface area contributed by atoms with Crippen molar-refractivity contribution in [3.63, 3.8) is 0 Å². The van der Waals surface area contributed by atoms with E-state index in [1.54, 1.807) is 0 Å². The largest absolute Gasteiger partial charge is 0.361 e. The molecule has 1 saturated heterocycles. The van der Waals surface area contributed by atoms with Crippen LogP contribution in [-0.4, -0.2) is 38.4 Å². The number of fused-ring (bicyclic) bond motifs is 2. The summed E-state index contributed by atoms with van der Waals surface area (Å²) in [6.07, 6.45) is 5.16. The highest BCUT2D eigenvalue weighted by Gasteiger charge is 2.36. The van der Waals surface area contributed by atoms with E-state index in [-0.39, 0.29) is 0 Å². The van der Waals surface area contributed by atoms with Gasteiger partial charge in [0, 0.05) is 47.3 Å². The van der Waals surface area contributed by atoms with E-state index in [0.29, 0.717) is 17.7 Å². The number of carbonyl (C=O) groups excluding carboxylic acids is 1. The van der Waals surface area contributed by atoms with Crippen LogP contribution in [0.15, 0.2) is 77.4 Å². The summed E-state index contributed by atoms with van der Waals surface area (Å²) in [6.45, 7) is 2.59. The Morgan fingerprint density at radius 3 is 2.58 bits per heavy atom. The normalized spacial score (nSPS) is 17.9. The molecule has 0 radical (unpaired) electrons. The Labute approximate surface area is 218 Å². The van der Waals surface area contributed by atoms with Crippen molar-refractivity contribution in [3.05, 3.63) is 77.4 Å². The minimum atomic E-state index is 0.292. The second-order valence-corrected chi connectivity index (χ2v) is 11.2. The van der Waals surface area contributed by atoms with Crippen LogP contribution in [-0.2, 0) is 11.3 Å². The summed E-state index contributed by atoms with van der Waals surface area (Å²) in [5.41, 5.74) is 6.79. The molecule has 2 fully saturated rings. The molecular weight excluding hydrogens is 512 g/mol. The number of halogens is 1. The molecule has 5 aromatic rings. The number of imidazole rings is 1. The van der Waals surface area contributed by atoms with Crippen LogP contribution < -0.4 is 0 Å². The maximum absolute atomic E-state index is 12.6. The van der Waals surface area contributed by atoms with Gasteiger partial charge in [-0.1, -0.05) is 46.3 Å². The molecule has 5 nitrogen and oxygen atoms in total. The fourth-order valence-electron chi connectivity index (χ4n) is 5.57. The lowest BCUT2D eigenvalue weighted by Crippen LogP contribution is -2.30. The standard InChI is InChI=1S/C30H27BrN4O/c31-25-8-10-27-28(16-25)35(18-19-12-14-34(17-19)30(36)22-5-6-22)29(33-27)21-3-1-20(2-4-21)23-7-9-26-24(15-23)11-13-32-26/h1-4,7-11,13,15-16,19,22,32H,5-6,12,14,17-18H2/t19-/m0/s1. The Morgan fingerprint density at radius 2 is 1.75 bits per heavy atom. The summed E-state index contributed by atoms with van der Waals surface area (Å²) in [6, 6.07) is 23.7. The first-order valence-corrected chi connectivity index (χ1v) is 13.5. The fourth-order valence-corrected chi connectivity index (χ4v) is 5.92. The lowest BCUT2D eigenvalue weighted by atomic mass is 10.0. The van der Waals surface area contributed by atoms with Gasteiger partial charge in [-0.3, -0.25) is 4.79 Å². The number of hydrogen-bond donors (Lipinski definition) is 1. The molecule has 3 heterocycles. The number of nitrogens with one attached hydrogen (secondary N) is 1. The second kappa shape index (κ2) is 8.63. The van der Waals surface area contributed by atoms with Gasteiger partial charge in [0.1, 0.15) is 5.82 Å². The van der Waals surface area contributed by atoms with E-state index < -0.39 is 0 Å². The highest BCUT2D eigenvalue weighted by molar-refractivity contribution is 9.10. The average molecular weight is 539 g/mol. The number of rotatable bonds is 5. The van der Waals surface area contributed by atoms with Crippen LogP contribution in [0.5, 0.6) is 0 Å². The minimum Gasteiger partial charge on any atom is -0.361 e. The summed E-state index contributed by atoms with van der Waals surface area (Å²) >= 11 is 3.65. The third-order valence-electron chi connectivity index (χ3n) is 7.70. The molecule has 2 aromatic heterocycles. The number of aromatic amines is 1. The summed E-state index contributed by atoms with van der Waals surface area (Å²) in [7, 11) is 0. The summed E-state index contributed by atoms with van der Waals surface area (Å²) < 4.78 is 3.41. The zero-order valence-electron chi connectivity index (χ0n) is 20.0. The van der Waals surface area contributed by atoms with E-state index in [1.807, 2.05) is 6.20 Å². The van der Waals surface area contributed by atoms with E-state index in [4.69, 9.17) is 4.98 Å². The highest BCUT2D eigenvalue weighted by atomic mass is 79.9. The fraction of sp³-hybridized carbons (Fsp3) is 0.267. The second-order valence-electron chi connectivity index (χ2n) is 10.2. The lowest BCUT2D eigenvalue weighted by Gasteiger charge is -2.18. The van der Waals surface area contributed by atoms with Gasteiger partial charge in [0.05, 0.1) is 11.0 Å². The summed E-state index contributed by atoms with van der Waals surface area (Å²) in [5, 5.41) is 1.22. The molecule has 0 spiro atoms. The molecule has 6 heteroatoms. The van der Waals surface area contributed by atoms with Gasteiger partial charge in [-0.2, -0.15) is 0 Å². The van der Waals surface area contributed by atoms with Gasteiger partial charge in [0.25, 0.3) is 0 Å². The van der Waals surface area contributed by atoms with Gasteiger partial charge in [-0.05, 0) is 78.1 Å². The van der Waals surface area contributed by atoms with Crippen molar-refractivity contribution >= 4 is 43.8 Å². The Morgan fingerprint density at radius 1 is 0.944 bits per heavy atom. The van der Waals surface area contributed by atoms with E-state index in [0.717, 1.165) is 71.3 Å². The highest BCUT2D eigenvalue weighted by Crippen LogP contribution is 2.35. The molecule has 2 aliphatic rings. The predicted molar refractivity (Wildman–Crippen MR) is 148 cm³/mol. The van der Waals surface area contributed by atoms with E-state index in [1.165, 1.54) is 16.5 Å². The SMILES string of the molecule is O=C(C1CC1)N1CC[C@H](Cn2c(-c3ccc(-c4ccc5[nH]ccc5c4)cc3)nc3ccc(Br)cc32)C1. The third kappa shape index (κ3) is 3.94. The number of amides is 1. The number of nitrogens with zero attached hydrogens (tertiary/aromatic N) is 3. The molecule has 1 N–H and O–H groups in total. The summed E-state index contributed by atoms with van der Waals surface area (Å²) in [4.78, 5) is 23.0. The number of aromatic nitrogens is 3. The molecule has 1 saturated carbocycles. The maximum Gasteiger partial charge on any atom is 0.225 e. The molecule has 1 aliphatic carbocycles. The first-order valence-electron chi connectivity index (χ1n) is 12.7. The van der Waals surface area contributed by atoms with Crippen molar-refractivity contribution in [2.75, 3.05) is 13.1 Å². The van der Waals surface area contributed by atoms with Gasteiger partial charge < -0.3 is 14.5 Å². The van der Waals surface area contributed by atoms with Crippen LogP contribution in [0.3, 0.4) is 0 Å². The Kier molecular flexibility index (Phi) is 5.24. The van der Waals surface area contributed by atoms with Crippen molar-refractivity contribution in [1.29, 1.82) is 0 Å².